The summed E-state index contributed by atoms with van der Waals surface area (Å²) in [5, 5.41) is 4.98. The van der Waals surface area contributed by atoms with Crippen LogP contribution in [0.5, 0.6) is 5.75 Å². The van der Waals surface area contributed by atoms with Gasteiger partial charge in [0.15, 0.2) is 5.65 Å². The predicted octanol–water partition coefficient (Wildman–Crippen LogP) is 4.29. The zero-order chi connectivity index (χ0) is 21.5. The molecule has 2 aromatic heterocycles. The number of aromatic nitrogens is 3. The molecule has 6 heteroatoms. The van der Waals surface area contributed by atoms with Crippen molar-refractivity contribution in [2.24, 2.45) is 5.92 Å². The summed E-state index contributed by atoms with van der Waals surface area (Å²) in [6.07, 6.45) is 2.58. The number of methoxy groups -OCH3 is 1. The fraction of sp³-hybridized carbons (Fsp3) is 0.440. The molecule has 1 saturated carbocycles. The van der Waals surface area contributed by atoms with Crippen LogP contribution in [0.15, 0.2) is 18.2 Å². The zero-order valence-corrected chi connectivity index (χ0v) is 18.7. The van der Waals surface area contributed by atoms with Gasteiger partial charge in [0, 0.05) is 17.7 Å². The van der Waals surface area contributed by atoms with Gasteiger partial charge in [-0.15, -0.1) is 5.92 Å². The molecule has 31 heavy (non-hydrogen) atoms. The van der Waals surface area contributed by atoms with Gasteiger partial charge in [-0.25, -0.2) is 4.98 Å². The van der Waals surface area contributed by atoms with Gasteiger partial charge in [-0.1, -0.05) is 12.0 Å². The van der Waals surface area contributed by atoms with Crippen molar-refractivity contribution in [2.75, 3.05) is 25.1 Å². The molecule has 1 aromatic carbocycles. The van der Waals surface area contributed by atoms with E-state index in [0.717, 1.165) is 63.3 Å². The Labute approximate surface area is 183 Å². The van der Waals surface area contributed by atoms with Gasteiger partial charge < -0.3 is 14.4 Å². The maximum atomic E-state index is 5.82. The summed E-state index contributed by atoms with van der Waals surface area (Å²) < 4.78 is 13.3. The first-order chi connectivity index (χ1) is 15.1. The first-order valence-electron chi connectivity index (χ1n) is 10.9. The summed E-state index contributed by atoms with van der Waals surface area (Å²) in [5.74, 6) is 9.01. The summed E-state index contributed by atoms with van der Waals surface area (Å²) in [4.78, 5) is 7.42. The zero-order valence-electron chi connectivity index (χ0n) is 18.7. The van der Waals surface area contributed by atoms with Crippen molar-refractivity contribution in [1.29, 1.82) is 0 Å². The summed E-state index contributed by atoms with van der Waals surface area (Å²) >= 11 is 0. The molecule has 6 nitrogen and oxygen atoms in total. The molecule has 5 rings (SSSR count). The van der Waals surface area contributed by atoms with Crippen molar-refractivity contribution < 1.29 is 9.47 Å². The smallest absolute Gasteiger partial charge is 0.165 e. The Morgan fingerprint density at radius 3 is 2.81 bits per heavy atom. The molecule has 0 spiro atoms. The molecule has 160 valence electrons. The molecular formula is C25H28N4O2. The minimum atomic E-state index is 0.542. The lowest BCUT2D eigenvalue weighted by atomic mass is 10.0. The molecular weight excluding hydrogens is 388 g/mol. The average Bonchev–Trinajstić information content (AvgIpc) is 3.36. The SMILES string of the molecule is CC#CCN(CC1CC1)c1c2c(nc3c(-c4ccc(OC)cc4C)c(C)nn13)COC2. The molecule has 2 aliphatic rings. The van der Waals surface area contributed by atoms with Gasteiger partial charge in [0.25, 0.3) is 0 Å². The largest absolute Gasteiger partial charge is 0.497 e. The number of hydrogen-bond donors (Lipinski definition) is 0. The second-order valence-corrected chi connectivity index (χ2v) is 8.48. The number of rotatable bonds is 6. The fourth-order valence-corrected chi connectivity index (χ4v) is 4.43. The van der Waals surface area contributed by atoms with Crippen LogP contribution in [-0.2, 0) is 18.0 Å². The van der Waals surface area contributed by atoms with Gasteiger partial charge >= 0.3 is 0 Å². The second-order valence-electron chi connectivity index (χ2n) is 8.48. The van der Waals surface area contributed by atoms with E-state index < -0.39 is 0 Å². The molecule has 0 saturated heterocycles. The Hall–Kier alpha value is -3.04. The minimum Gasteiger partial charge on any atom is -0.497 e. The molecule has 0 radical (unpaired) electrons. The van der Waals surface area contributed by atoms with E-state index in [4.69, 9.17) is 19.6 Å². The van der Waals surface area contributed by atoms with Crippen LogP contribution < -0.4 is 9.64 Å². The van der Waals surface area contributed by atoms with Crippen molar-refractivity contribution in [1.82, 2.24) is 14.6 Å². The molecule has 0 N–H and O–H groups in total. The highest BCUT2D eigenvalue weighted by Crippen LogP contribution is 2.38. The Morgan fingerprint density at radius 2 is 2.10 bits per heavy atom. The van der Waals surface area contributed by atoms with E-state index in [-0.39, 0.29) is 0 Å². The molecule has 0 bridgehead atoms. The molecule has 1 aliphatic carbocycles. The van der Waals surface area contributed by atoms with Crippen molar-refractivity contribution in [3.8, 4) is 28.7 Å². The summed E-state index contributed by atoms with van der Waals surface area (Å²) in [6, 6.07) is 6.17. The van der Waals surface area contributed by atoms with Crippen molar-refractivity contribution >= 4 is 11.5 Å². The number of aryl methyl sites for hydroxylation is 2. The van der Waals surface area contributed by atoms with E-state index in [9.17, 15) is 0 Å². The van der Waals surface area contributed by atoms with E-state index >= 15 is 0 Å². The van der Waals surface area contributed by atoms with Crippen LogP contribution in [0, 0.1) is 31.6 Å². The third-order valence-electron chi connectivity index (χ3n) is 6.21. The molecule has 1 aliphatic heterocycles. The lowest BCUT2D eigenvalue weighted by molar-refractivity contribution is 0.133. The van der Waals surface area contributed by atoms with Gasteiger partial charge in [0.1, 0.15) is 11.6 Å². The number of anilines is 1. The first kappa shape index (κ1) is 19.9. The number of benzene rings is 1. The topological polar surface area (TPSA) is 51.9 Å². The molecule has 0 unspecified atom stereocenters. The summed E-state index contributed by atoms with van der Waals surface area (Å²) in [5.41, 5.74) is 7.36. The van der Waals surface area contributed by atoms with E-state index in [1.807, 2.05) is 17.5 Å². The maximum Gasteiger partial charge on any atom is 0.165 e. The van der Waals surface area contributed by atoms with Crippen molar-refractivity contribution in [2.45, 2.75) is 46.8 Å². The number of fused-ring (bicyclic) bond motifs is 2. The lowest BCUT2D eigenvalue weighted by Gasteiger charge is -2.25. The average molecular weight is 417 g/mol. The molecule has 3 aromatic rings. The Balaban J connectivity index is 1.73. The van der Waals surface area contributed by atoms with Gasteiger partial charge in [-0.05, 0) is 62.8 Å². The Kier molecular flexibility index (Phi) is 5.07. The third kappa shape index (κ3) is 3.53. The predicted molar refractivity (Wildman–Crippen MR) is 121 cm³/mol. The Morgan fingerprint density at radius 1 is 1.26 bits per heavy atom. The molecule has 3 heterocycles. The van der Waals surface area contributed by atoms with Crippen LogP contribution in [0.4, 0.5) is 5.82 Å². The van der Waals surface area contributed by atoms with Crippen LogP contribution in [0.1, 0.15) is 42.3 Å². The highest BCUT2D eigenvalue weighted by atomic mass is 16.5. The van der Waals surface area contributed by atoms with E-state index in [1.54, 1.807) is 7.11 Å². The van der Waals surface area contributed by atoms with Gasteiger partial charge in [-0.2, -0.15) is 9.61 Å². The molecule has 0 atom stereocenters. The van der Waals surface area contributed by atoms with E-state index in [0.29, 0.717) is 19.8 Å². The number of ether oxygens (including phenoxy) is 2. The third-order valence-corrected chi connectivity index (χ3v) is 6.21. The first-order valence-corrected chi connectivity index (χ1v) is 10.9. The van der Waals surface area contributed by atoms with E-state index in [1.165, 1.54) is 12.8 Å². The van der Waals surface area contributed by atoms with Crippen LogP contribution >= 0.6 is 0 Å². The van der Waals surface area contributed by atoms with Crippen LogP contribution in [0.3, 0.4) is 0 Å². The molecule has 1 fully saturated rings. The maximum absolute atomic E-state index is 5.82. The fourth-order valence-electron chi connectivity index (χ4n) is 4.43. The van der Waals surface area contributed by atoms with Crippen molar-refractivity contribution in [3.63, 3.8) is 0 Å². The quantitative estimate of drug-likeness (QED) is 0.561. The lowest BCUT2D eigenvalue weighted by Crippen LogP contribution is -2.30. The van der Waals surface area contributed by atoms with Crippen LogP contribution in [0.25, 0.3) is 16.8 Å². The van der Waals surface area contributed by atoms with E-state index in [2.05, 4.69) is 42.7 Å². The Bertz CT molecular complexity index is 1210. The normalized spacial score (nSPS) is 15.0. The highest BCUT2D eigenvalue weighted by molar-refractivity contribution is 5.83. The summed E-state index contributed by atoms with van der Waals surface area (Å²) in [6.45, 7) is 8.87. The standard InChI is InChI=1S/C25H28N4O2/c1-5-6-11-28(13-18-7-8-18)25-21-14-31-15-22(21)26-24-23(17(3)27-29(24)25)20-10-9-19(30-4)12-16(20)2/h9-10,12,18H,7-8,11,13-15H2,1-4H3. The van der Waals surface area contributed by atoms with Gasteiger partial charge in [0.05, 0.1) is 38.3 Å². The summed E-state index contributed by atoms with van der Waals surface area (Å²) in [7, 11) is 1.69. The highest BCUT2D eigenvalue weighted by Gasteiger charge is 2.31. The van der Waals surface area contributed by atoms with Gasteiger partial charge in [-0.3, -0.25) is 0 Å². The second kappa shape index (κ2) is 7.90. The minimum absolute atomic E-state index is 0.542. The van der Waals surface area contributed by atoms with Gasteiger partial charge in [0.2, 0.25) is 0 Å². The van der Waals surface area contributed by atoms with Crippen LogP contribution in [-0.4, -0.2) is 34.8 Å². The van der Waals surface area contributed by atoms with Crippen molar-refractivity contribution in [3.05, 3.63) is 40.7 Å². The number of nitrogens with zero attached hydrogens (tertiary/aromatic N) is 4. The van der Waals surface area contributed by atoms with Crippen LogP contribution in [0.2, 0.25) is 0 Å². The molecule has 0 amide bonds. The number of hydrogen-bond acceptors (Lipinski definition) is 5. The monoisotopic (exact) mass is 416 g/mol.